The molecule has 1 unspecified atom stereocenters. The number of benzene rings is 2. The van der Waals surface area contributed by atoms with Crippen molar-refractivity contribution in [2.45, 2.75) is 11.8 Å². The average Bonchev–Trinajstić information content (AvgIpc) is 2.93. The van der Waals surface area contributed by atoms with Gasteiger partial charge in [-0.25, -0.2) is 0 Å². The minimum atomic E-state index is -0.350. The van der Waals surface area contributed by atoms with Crippen LogP contribution in [0.5, 0.6) is 11.5 Å². The number of ether oxygens (including phenoxy) is 2. The molecule has 0 aliphatic carbocycles. The first-order valence-electron chi connectivity index (χ1n) is 6.43. The average molecular weight is 309 g/mol. The molecular weight excluding hydrogens is 295 g/mol. The van der Waals surface area contributed by atoms with E-state index >= 15 is 0 Å². The van der Waals surface area contributed by atoms with Crippen LogP contribution in [-0.2, 0) is 6.42 Å². The summed E-state index contributed by atoms with van der Waals surface area (Å²) in [5, 5.41) is 0.335. The maximum absolute atomic E-state index is 6.65. The number of alkyl halides is 1. The summed E-state index contributed by atoms with van der Waals surface area (Å²) >= 11 is 12.8. The van der Waals surface area contributed by atoms with Gasteiger partial charge in [-0.1, -0.05) is 29.8 Å². The topological polar surface area (TPSA) is 18.5 Å². The molecule has 0 radical (unpaired) electrons. The van der Waals surface area contributed by atoms with Crippen molar-refractivity contribution >= 4 is 23.2 Å². The Balaban J connectivity index is 2.09. The van der Waals surface area contributed by atoms with Crippen molar-refractivity contribution < 1.29 is 9.47 Å². The maximum Gasteiger partial charge on any atom is 0.127 e. The first-order chi connectivity index (χ1) is 9.70. The SMILES string of the molecule is COc1ccccc1C(Cl)c1cc(Cl)cc2c1OCC2. The van der Waals surface area contributed by atoms with E-state index in [9.17, 15) is 0 Å². The summed E-state index contributed by atoms with van der Waals surface area (Å²) in [7, 11) is 1.64. The monoisotopic (exact) mass is 308 g/mol. The summed E-state index contributed by atoms with van der Waals surface area (Å²) in [5.41, 5.74) is 2.93. The van der Waals surface area contributed by atoms with Crippen LogP contribution in [0.3, 0.4) is 0 Å². The van der Waals surface area contributed by atoms with Gasteiger partial charge < -0.3 is 9.47 Å². The molecule has 0 bridgehead atoms. The molecule has 2 aromatic carbocycles. The smallest absolute Gasteiger partial charge is 0.127 e. The Hall–Kier alpha value is -1.38. The summed E-state index contributed by atoms with van der Waals surface area (Å²) in [6, 6.07) is 11.5. The van der Waals surface area contributed by atoms with Gasteiger partial charge in [-0.3, -0.25) is 0 Å². The van der Waals surface area contributed by atoms with Crippen molar-refractivity contribution in [3.63, 3.8) is 0 Å². The molecule has 1 atom stereocenters. The molecule has 20 heavy (non-hydrogen) atoms. The molecule has 0 saturated carbocycles. The zero-order chi connectivity index (χ0) is 14.1. The molecule has 1 aliphatic heterocycles. The van der Waals surface area contributed by atoms with Crippen molar-refractivity contribution in [3.8, 4) is 11.5 Å². The summed E-state index contributed by atoms with van der Waals surface area (Å²) in [6.07, 6.45) is 0.873. The van der Waals surface area contributed by atoms with E-state index in [4.69, 9.17) is 32.7 Å². The van der Waals surface area contributed by atoms with Crippen LogP contribution in [0.4, 0.5) is 0 Å². The molecule has 0 fully saturated rings. The van der Waals surface area contributed by atoms with Crippen LogP contribution in [0.15, 0.2) is 36.4 Å². The quantitative estimate of drug-likeness (QED) is 0.771. The Bertz CT molecular complexity index is 640. The highest BCUT2D eigenvalue weighted by Gasteiger charge is 2.24. The Morgan fingerprint density at radius 2 is 2.00 bits per heavy atom. The van der Waals surface area contributed by atoms with Gasteiger partial charge in [0.1, 0.15) is 11.5 Å². The van der Waals surface area contributed by atoms with E-state index in [1.807, 2.05) is 36.4 Å². The first-order valence-corrected chi connectivity index (χ1v) is 7.24. The van der Waals surface area contributed by atoms with Gasteiger partial charge in [0.15, 0.2) is 0 Å². The molecule has 4 heteroatoms. The maximum atomic E-state index is 6.65. The fourth-order valence-corrected chi connectivity index (χ4v) is 3.12. The molecule has 0 aromatic heterocycles. The van der Waals surface area contributed by atoms with E-state index in [0.29, 0.717) is 11.6 Å². The molecule has 0 N–H and O–H groups in total. The lowest BCUT2D eigenvalue weighted by molar-refractivity contribution is 0.353. The van der Waals surface area contributed by atoms with Crippen molar-refractivity contribution in [3.05, 3.63) is 58.1 Å². The standard InChI is InChI=1S/C16H14Cl2O2/c1-19-14-5-3-2-4-12(14)15(18)13-9-11(17)8-10-6-7-20-16(10)13/h2-5,8-9,15H,6-7H2,1H3. The second-order valence-corrected chi connectivity index (χ2v) is 5.56. The minimum absolute atomic E-state index is 0.350. The molecule has 0 amide bonds. The van der Waals surface area contributed by atoms with Crippen molar-refractivity contribution in [2.24, 2.45) is 0 Å². The lowest BCUT2D eigenvalue weighted by Crippen LogP contribution is -2.00. The second-order valence-electron chi connectivity index (χ2n) is 4.69. The van der Waals surface area contributed by atoms with Crippen LogP contribution in [0.25, 0.3) is 0 Å². The van der Waals surface area contributed by atoms with Crippen LogP contribution in [0.2, 0.25) is 5.02 Å². The van der Waals surface area contributed by atoms with Crippen LogP contribution >= 0.6 is 23.2 Å². The van der Waals surface area contributed by atoms with E-state index in [1.54, 1.807) is 7.11 Å². The van der Waals surface area contributed by atoms with E-state index in [1.165, 1.54) is 0 Å². The Labute approximate surface area is 128 Å². The fourth-order valence-electron chi connectivity index (χ4n) is 2.53. The molecule has 104 valence electrons. The van der Waals surface area contributed by atoms with E-state index < -0.39 is 0 Å². The largest absolute Gasteiger partial charge is 0.496 e. The van der Waals surface area contributed by atoms with Crippen LogP contribution < -0.4 is 9.47 Å². The number of methoxy groups -OCH3 is 1. The normalized spacial score (nSPS) is 14.6. The predicted octanol–water partition coefficient (Wildman–Crippen LogP) is 4.61. The van der Waals surface area contributed by atoms with Crippen molar-refractivity contribution in [1.29, 1.82) is 0 Å². The van der Waals surface area contributed by atoms with Gasteiger partial charge in [-0.2, -0.15) is 0 Å². The molecule has 2 aromatic rings. The van der Waals surface area contributed by atoms with Gasteiger partial charge in [0.2, 0.25) is 0 Å². The third-order valence-corrected chi connectivity index (χ3v) is 4.15. The van der Waals surface area contributed by atoms with Crippen LogP contribution in [-0.4, -0.2) is 13.7 Å². The molecule has 1 heterocycles. The van der Waals surface area contributed by atoms with E-state index in [2.05, 4.69) is 0 Å². The summed E-state index contributed by atoms with van der Waals surface area (Å²) in [6.45, 7) is 0.679. The molecule has 0 saturated heterocycles. The lowest BCUT2D eigenvalue weighted by atomic mass is 10.00. The van der Waals surface area contributed by atoms with Gasteiger partial charge in [-0.15, -0.1) is 11.6 Å². The Kier molecular flexibility index (Phi) is 3.77. The number of halogens is 2. The highest BCUT2D eigenvalue weighted by Crippen LogP contribution is 2.43. The highest BCUT2D eigenvalue weighted by molar-refractivity contribution is 6.31. The fraction of sp³-hybridized carbons (Fsp3) is 0.250. The van der Waals surface area contributed by atoms with Gasteiger partial charge in [0.25, 0.3) is 0 Å². The lowest BCUT2D eigenvalue weighted by Gasteiger charge is -2.17. The van der Waals surface area contributed by atoms with Crippen molar-refractivity contribution in [2.75, 3.05) is 13.7 Å². The summed E-state index contributed by atoms with van der Waals surface area (Å²) < 4.78 is 11.1. The number of hydrogen-bond donors (Lipinski definition) is 0. The number of rotatable bonds is 3. The first kappa shape index (κ1) is 13.6. The summed E-state index contributed by atoms with van der Waals surface area (Å²) in [5.74, 6) is 1.62. The predicted molar refractivity (Wildman–Crippen MR) is 81.3 cm³/mol. The van der Waals surface area contributed by atoms with Gasteiger partial charge in [0, 0.05) is 22.6 Å². The zero-order valence-corrected chi connectivity index (χ0v) is 12.5. The highest BCUT2D eigenvalue weighted by atomic mass is 35.5. The van der Waals surface area contributed by atoms with Crippen LogP contribution in [0.1, 0.15) is 22.1 Å². The van der Waals surface area contributed by atoms with E-state index in [-0.39, 0.29) is 5.38 Å². The molecular formula is C16H14Cl2O2. The third-order valence-electron chi connectivity index (χ3n) is 3.46. The van der Waals surface area contributed by atoms with Gasteiger partial charge in [-0.05, 0) is 23.8 Å². The third kappa shape index (κ3) is 2.34. The van der Waals surface area contributed by atoms with Gasteiger partial charge in [0.05, 0.1) is 19.1 Å². The number of para-hydroxylation sites is 1. The molecule has 1 aliphatic rings. The Morgan fingerprint density at radius 1 is 1.20 bits per heavy atom. The number of hydrogen-bond acceptors (Lipinski definition) is 2. The minimum Gasteiger partial charge on any atom is -0.496 e. The molecule has 2 nitrogen and oxygen atoms in total. The number of fused-ring (bicyclic) bond motifs is 1. The second kappa shape index (κ2) is 5.55. The van der Waals surface area contributed by atoms with Gasteiger partial charge >= 0.3 is 0 Å². The zero-order valence-electron chi connectivity index (χ0n) is 11.0. The van der Waals surface area contributed by atoms with Crippen LogP contribution in [0, 0.1) is 0 Å². The summed E-state index contributed by atoms with van der Waals surface area (Å²) in [4.78, 5) is 0. The Morgan fingerprint density at radius 3 is 2.80 bits per heavy atom. The molecule has 0 spiro atoms. The van der Waals surface area contributed by atoms with Crippen molar-refractivity contribution in [1.82, 2.24) is 0 Å². The van der Waals surface area contributed by atoms with E-state index in [0.717, 1.165) is 34.6 Å². The molecule has 3 rings (SSSR count).